The molecule has 0 aliphatic heterocycles. The van der Waals surface area contributed by atoms with E-state index in [1.165, 1.54) is 5.56 Å². The van der Waals surface area contributed by atoms with Crippen LogP contribution in [-0.2, 0) is 0 Å². The predicted octanol–water partition coefficient (Wildman–Crippen LogP) is 4.41. The normalized spacial score (nSPS) is 13.5. The highest BCUT2D eigenvalue weighted by Crippen LogP contribution is 2.26. The van der Waals surface area contributed by atoms with Crippen molar-refractivity contribution >= 4 is 11.6 Å². The molecule has 0 saturated carbocycles. The Kier molecular flexibility index (Phi) is 4.04. The maximum atomic E-state index is 6.07. The molecule has 0 saturated heterocycles. The number of hydrogen-bond donors (Lipinski definition) is 0. The number of halogens is 1. The van der Waals surface area contributed by atoms with Gasteiger partial charge in [-0.15, -0.1) is 0 Å². The van der Waals surface area contributed by atoms with Crippen LogP contribution in [0.3, 0.4) is 0 Å². The van der Waals surface area contributed by atoms with Crippen LogP contribution >= 0.6 is 11.6 Å². The summed E-state index contributed by atoms with van der Waals surface area (Å²) < 4.78 is 0. The fourth-order valence-electron chi connectivity index (χ4n) is 1.34. The van der Waals surface area contributed by atoms with E-state index in [1.54, 1.807) is 0 Å². The minimum Gasteiger partial charge on any atom is -0.0916 e. The van der Waals surface area contributed by atoms with Gasteiger partial charge in [-0.25, -0.2) is 0 Å². The molecule has 1 aromatic rings. The SMILES string of the molecule is C/C=C\CC(C)c1ccccc1Cl. The second kappa shape index (κ2) is 5.08. The molecule has 70 valence electrons. The molecule has 13 heavy (non-hydrogen) atoms. The highest BCUT2D eigenvalue weighted by molar-refractivity contribution is 6.31. The minimum atomic E-state index is 0.505. The van der Waals surface area contributed by atoms with Gasteiger partial charge in [0.25, 0.3) is 0 Å². The van der Waals surface area contributed by atoms with Gasteiger partial charge in [-0.3, -0.25) is 0 Å². The molecule has 0 radical (unpaired) electrons. The first kappa shape index (κ1) is 10.3. The predicted molar refractivity (Wildman–Crippen MR) is 59.3 cm³/mol. The summed E-state index contributed by atoms with van der Waals surface area (Å²) in [6.45, 7) is 4.24. The Bertz CT molecular complexity index is 289. The lowest BCUT2D eigenvalue weighted by molar-refractivity contribution is 0.780. The number of benzene rings is 1. The topological polar surface area (TPSA) is 0 Å². The van der Waals surface area contributed by atoms with Crippen molar-refractivity contribution < 1.29 is 0 Å². The first-order chi connectivity index (χ1) is 6.25. The van der Waals surface area contributed by atoms with Gasteiger partial charge in [0.15, 0.2) is 0 Å². The molecule has 0 aliphatic carbocycles. The second-order valence-electron chi connectivity index (χ2n) is 3.23. The molecule has 0 nitrogen and oxygen atoms in total. The smallest absolute Gasteiger partial charge is 0.0440 e. The van der Waals surface area contributed by atoms with Crippen molar-refractivity contribution in [3.8, 4) is 0 Å². The lowest BCUT2D eigenvalue weighted by Gasteiger charge is -2.10. The molecular weight excluding hydrogens is 180 g/mol. The third-order valence-corrected chi connectivity index (χ3v) is 2.51. The molecule has 1 rings (SSSR count). The Balaban J connectivity index is 2.76. The highest BCUT2D eigenvalue weighted by Gasteiger charge is 2.06. The summed E-state index contributed by atoms with van der Waals surface area (Å²) in [5.41, 5.74) is 1.24. The van der Waals surface area contributed by atoms with E-state index in [0.29, 0.717) is 5.92 Å². The van der Waals surface area contributed by atoms with E-state index in [4.69, 9.17) is 11.6 Å². The molecule has 0 amide bonds. The van der Waals surface area contributed by atoms with Crippen LogP contribution in [0.25, 0.3) is 0 Å². The summed E-state index contributed by atoms with van der Waals surface area (Å²) in [5, 5.41) is 0.875. The van der Waals surface area contributed by atoms with E-state index in [9.17, 15) is 0 Å². The molecule has 0 aliphatic rings. The van der Waals surface area contributed by atoms with Gasteiger partial charge in [-0.1, -0.05) is 48.9 Å². The zero-order valence-electron chi connectivity index (χ0n) is 8.13. The number of allylic oxidation sites excluding steroid dienone is 2. The van der Waals surface area contributed by atoms with Crippen molar-refractivity contribution in [3.63, 3.8) is 0 Å². The van der Waals surface area contributed by atoms with Gasteiger partial charge in [0.05, 0.1) is 0 Å². The zero-order chi connectivity index (χ0) is 9.68. The van der Waals surface area contributed by atoms with Gasteiger partial charge in [0, 0.05) is 5.02 Å². The molecule has 0 fully saturated rings. The monoisotopic (exact) mass is 194 g/mol. The summed E-state index contributed by atoms with van der Waals surface area (Å²) in [6.07, 6.45) is 5.31. The van der Waals surface area contributed by atoms with Crippen molar-refractivity contribution in [2.45, 2.75) is 26.2 Å². The van der Waals surface area contributed by atoms with Crippen LogP contribution in [0.15, 0.2) is 36.4 Å². The first-order valence-corrected chi connectivity index (χ1v) is 4.99. The molecule has 0 spiro atoms. The van der Waals surface area contributed by atoms with Crippen molar-refractivity contribution in [1.29, 1.82) is 0 Å². The number of rotatable bonds is 3. The van der Waals surface area contributed by atoms with Crippen molar-refractivity contribution in [2.75, 3.05) is 0 Å². The Morgan fingerprint density at radius 3 is 2.69 bits per heavy atom. The largest absolute Gasteiger partial charge is 0.0916 e. The van der Waals surface area contributed by atoms with Gasteiger partial charge in [-0.05, 0) is 30.9 Å². The van der Waals surface area contributed by atoms with Crippen LogP contribution in [0.4, 0.5) is 0 Å². The first-order valence-electron chi connectivity index (χ1n) is 4.61. The molecule has 1 unspecified atom stereocenters. The van der Waals surface area contributed by atoms with Crippen molar-refractivity contribution in [2.24, 2.45) is 0 Å². The third-order valence-electron chi connectivity index (χ3n) is 2.16. The summed E-state index contributed by atoms with van der Waals surface area (Å²) in [6, 6.07) is 8.04. The van der Waals surface area contributed by atoms with Crippen LogP contribution in [0.5, 0.6) is 0 Å². The van der Waals surface area contributed by atoms with Crippen molar-refractivity contribution in [3.05, 3.63) is 47.0 Å². The quantitative estimate of drug-likeness (QED) is 0.626. The maximum Gasteiger partial charge on any atom is 0.0440 e. The standard InChI is InChI=1S/C12H15Cl/c1-3-4-7-10(2)11-8-5-6-9-12(11)13/h3-6,8-10H,7H2,1-2H3/b4-3-. The van der Waals surface area contributed by atoms with Crippen LogP contribution in [0.1, 0.15) is 31.7 Å². The fraction of sp³-hybridized carbons (Fsp3) is 0.333. The molecule has 1 aromatic carbocycles. The lowest BCUT2D eigenvalue weighted by atomic mass is 9.98. The Morgan fingerprint density at radius 1 is 1.38 bits per heavy atom. The van der Waals surface area contributed by atoms with Gasteiger partial charge in [0.1, 0.15) is 0 Å². The van der Waals surface area contributed by atoms with Crippen molar-refractivity contribution in [1.82, 2.24) is 0 Å². The zero-order valence-corrected chi connectivity index (χ0v) is 8.88. The third kappa shape index (κ3) is 2.89. The van der Waals surface area contributed by atoms with E-state index < -0.39 is 0 Å². The second-order valence-corrected chi connectivity index (χ2v) is 3.63. The highest BCUT2D eigenvalue weighted by atomic mass is 35.5. The van der Waals surface area contributed by atoms with E-state index in [-0.39, 0.29) is 0 Å². The van der Waals surface area contributed by atoms with E-state index >= 15 is 0 Å². The van der Waals surface area contributed by atoms with Gasteiger partial charge in [0.2, 0.25) is 0 Å². The van der Waals surface area contributed by atoms with E-state index in [1.807, 2.05) is 25.1 Å². The van der Waals surface area contributed by atoms with Gasteiger partial charge >= 0.3 is 0 Å². The van der Waals surface area contributed by atoms with Crippen LogP contribution in [0, 0.1) is 0 Å². The Morgan fingerprint density at radius 2 is 2.08 bits per heavy atom. The van der Waals surface area contributed by atoms with Crippen LogP contribution in [-0.4, -0.2) is 0 Å². The molecule has 0 aromatic heterocycles. The Labute approximate surface area is 85.2 Å². The fourth-order valence-corrected chi connectivity index (χ4v) is 1.66. The lowest BCUT2D eigenvalue weighted by Crippen LogP contribution is -1.92. The average molecular weight is 195 g/mol. The molecule has 1 atom stereocenters. The summed E-state index contributed by atoms with van der Waals surface area (Å²) >= 11 is 6.07. The molecule has 1 heteroatoms. The summed E-state index contributed by atoms with van der Waals surface area (Å²) in [7, 11) is 0. The number of hydrogen-bond acceptors (Lipinski definition) is 0. The van der Waals surface area contributed by atoms with Gasteiger partial charge in [-0.2, -0.15) is 0 Å². The molecule has 0 N–H and O–H groups in total. The molecule has 0 heterocycles. The van der Waals surface area contributed by atoms with Gasteiger partial charge < -0.3 is 0 Å². The summed E-state index contributed by atoms with van der Waals surface area (Å²) in [4.78, 5) is 0. The minimum absolute atomic E-state index is 0.505. The Hall–Kier alpha value is -0.750. The van der Waals surface area contributed by atoms with E-state index in [2.05, 4.69) is 25.1 Å². The molecule has 0 bridgehead atoms. The molecular formula is C12H15Cl. The van der Waals surface area contributed by atoms with Crippen LogP contribution in [0.2, 0.25) is 5.02 Å². The maximum absolute atomic E-state index is 6.07. The summed E-state index contributed by atoms with van der Waals surface area (Å²) in [5.74, 6) is 0.505. The van der Waals surface area contributed by atoms with E-state index in [0.717, 1.165) is 11.4 Å². The average Bonchev–Trinajstić information content (AvgIpc) is 2.15. The van der Waals surface area contributed by atoms with Crippen LogP contribution < -0.4 is 0 Å².